The molecule has 2 aromatic rings. The van der Waals surface area contributed by atoms with Crippen LogP contribution in [0.5, 0.6) is 0 Å². The van der Waals surface area contributed by atoms with E-state index in [1.165, 1.54) is 6.20 Å². The summed E-state index contributed by atoms with van der Waals surface area (Å²) in [5.41, 5.74) is -0.637. The molecule has 0 fully saturated rings. The van der Waals surface area contributed by atoms with Crippen molar-refractivity contribution in [3.05, 3.63) is 28.2 Å². The first-order chi connectivity index (χ1) is 6.18. The van der Waals surface area contributed by atoms with Crippen molar-refractivity contribution in [2.24, 2.45) is 0 Å². The second-order valence-corrected chi connectivity index (χ2v) is 2.55. The van der Waals surface area contributed by atoms with Crippen LogP contribution in [0.3, 0.4) is 0 Å². The van der Waals surface area contributed by atoms with Crippen LogP contribution in [0, 0.1) is 0 Å². The van der Waals surface area contributed by atoms with E-state index in [1.807, 2.05) is 0 Å². The van der Waals surface area contributed by atoms with Crippen LogP contribution in [0.25, 0.3) is 11.0 Å². The van der Waals surface area contributed by atoms with Gasteiger partial charge < -0.3 is 4.98 Å². The normalized spacial score (nSPS) is 11.3. The molecule has 0 radical (unpaired) electrons. The highest BCUT2D eigenvalue weighted by Crippen LogP contribution is 2.23. The molecule has 2 rings (SSSR count). The predicted molar refractivity (Wildman–Crippen MR) is 41.7 cm³/mol. The lowest BCUT2D eigenvalue weighted by Crippen LogP contribution is -2.06. The summed E-state index contributed by atoms with van der Waals surface area (Å²) in [6.45, 7) is 0. The summed E-state index contributed by atoms with van der Waals surface area (Å²) in [6.07, 6.45) is -1.41. The van der Waals surface area contributed by atoms with Crippen LogP contribution in [-0.2, 0) is 0 Å². The minimum atomic E-state index is -2.66. The number of hydrogen-bond donors (Lipinski definition) is 2. The Morgan fingerprint density at radius 3 is 2.92 bits per heavy atom. The lowest BCUT2D eigenvalue weighted by Gasteiger charge is -1.98. The Kier molecular flexibility index (Phi) is 1.61. The summed E-state index contributed by atoms with van der Waals surface area (Å²) >= 11 is 0. The molecule has 13 heavy (non-hydrogen) atoms. The minimum absolute atomic E-state index is 0.225. The second kappa shape index (κ2) is 2.65. The van der Waals surface area contributed by atoms with Gasteiger partial charge in [-0.25, -0.2) is 8.78 Å². The number of halogens is 2. The van der Waals surface area contributed by atoms with Crippen molar-refractivity contribution in [2.45, 2.75) is 6.43 Å². The van der Waals surface area contributed by atoms with E-state index in [4.69, 9.17) is 0 Å². The Hall–Kier alpha value is -1.72. The number of nitrogens with one attached hydrogen (secondary N) is 2. The first-order valence-corrected chi connectivity index (χ1v) is 3.53. The number of aromatic amines is 2. The molecular weight excluding hydrogens is 180 g/mol. The SMILES string of the molecule is O=c1cc(C(F)F)c2cn[nH]c2[nH]1. The van der Waals surface area contributed by atoms with Crippen molar-refractivity contribution >= 4 is 11.0 Å². The number of alkyl halides is 2. The third kappa shape index (κ3) is 1.20. The van der Waals surface area contributed by atoms with Gasteiger partial charge in [0.15, 0.2) is 0 Å². The molecule has 0 bridgehead atoms. The third-order valence-electron chi connectivity index (χ3n) is 1.72. The van der Waals surface area contributed by atoms with Gasteiger partial charge in [0.25, 0.3) is 6.43 Å². The summed E-state index contributed by atoms with van der Waals surface area (Å²) in [7, 11) is 0. The number of nitrogens with zero attached hydrogens (tertiary/aromatic N) is 1. The summed E-state index contributed by atoms with van der Waals surface area (Å²) in [5.74, 6) is 0. The van der Waals surface area contributed by atoms with Gasteiger partial charge in [-0.3, -0.25) is 9.89 Å². The molecule has 2 aromatic heterocycles. The zero-order valence-corrected chi connectivity index (χ0v) is 6.34. The van der Waals surface area contributed by atoms with Crippen LogP contribution in [0.15, 0.2) is 17.1 Å². The molecule has 0 aliphatic heterocycles. The van der Waals surface area contributed by atoms with E-state index in [2.05, 4.69) is 15.2 Å². The Labute approximate surface area is 70.6 Å². The van der Waals surface area contributed by atoms with Crippen LogP contribution in [0.2, 0.25) is 0 Å². The van der Waals surface area contributed by atoms with Gasteiger partial charge in [-0.1, -0.05) is 0 Å². The van der Waals surface area contributed by atoms with Gasteiger partial charge in [-0.15, -0.1) is 0 Å². The average Bonchev–Trinajstić information content (AvgIpc) is 2.49. The Morgan fingerprint density at radius 2 is 2.23 bits per heavy atom. The predicted octanol–water partition coefficient (Wildman–Crippen LogP) is 1.19. The maximum atomic E-state index is 12.4. The lowest BCUT2D eigenvalue weighted by molar-refractivity contribution is 0.153. The molecule has 6 heteroatoms. The standard InChI is InChI=1S/C7H5F2N3O/c8-6(9)3-1-5(13)11-7-4(3)2-10-12-7/h1-2,6H,(H2,10,11,12,13). The Morgan fingerprint density at radius 1 is 1.46 bits per heavy atom. The molecule has 0 amide bonds. The third-order valence-corrected chi connectivity index (χ3v) is 1.72. The molecule has 4 nitrogen and oxygen atoms in total. The van der Waals surface area contributed by atoms with E-state index in [0.29, 0.717) is 0 Å². The van der Waals surface area contributed by atoms with Crippen LogP contribution < -0.4 is 5.56 Å². The van der Waals surface area contributed by atoms with E-state index >= 15 is 0 Å². The van der Waals surface area contributed by atoms with Gasteiger partial charge in [-0.05, 0) is 0 Å². The topological polar surface area (TPSA) is 61.5 Å². The van der Waals surface area contributed by atoms with Gasteiger partial charge in [-0.2, -0.15) is 5.10 Å². The first kappa shape index (κ1) is 7.90. The second-order valence-electron chi connectivity index (χ2n) is 2.55. The number of pyridine rings is 1. The van der Waals surface area contributed by atoms with Gasteiger partial charge in [0.1, 0.15) is 5.65 Å². The average molecular weight is 185 g/mol. The first-order valence-electron chi connectivity index (χ1n) is 3.53. The highest BCUT2D eigenvalue weighted by Gasteiger charge is 2.13. The molecule has 0 aliphatic carbocycles. The molecule has 0 saturated heterocycles. The lowest BCUT2D eigenvalue weighted by atomic mass is 10.2. The molecule has 0 spiro atoms. The molecule has 0 atom stereocenters. The van der Waals surface area contributed by atoms with Gasteiger partial charge in [0, 0.05) is 17.0 Å². The smallest absolute Gasteiger partial charge is 0.264 e. The van der Waals surface area contributed by atoms with Gasteiger partial charge in [0.2, 0.25) is 5.56 Å². The maximum Gasteiger partial charge on any atom is 0.264 e. The fourth-order valence-electron chi connectivity index (χ4n) is 1.16. The molecule has 0 aromatic carbocycles. The zero-order chi connectivity index (χ0) is 9.42. The largest absolute Gasteiger partial charge is 0.307 e. The fourth-order valence-corrected chi connectivity index (χ4v) is 1.16. The summed E-state index contributed by atoms with van der Waals surface area (Å²) < 4.78 is 24.7. The monoisotopic (exact) mass is 185 g/mol. The van der Waals surface area contributed by atoms with Crippen LogP contribution in [-0.4, -0.2) is 15.2 Å². The van der Waals surface area contributed by atoms with E-state index < -0.39 is 12.0 Å². The van der Waals surface area contributed by atoms with Crippen molar-refractivity contribution in [3.8, 4) is 0 Å². The summed E-state index contributed by atoms with van der Waals surface area (Å²) in [4.78, 5) is 13.2. The highest BCUT2D eigenvalue weighted by atomic mass is 19.3. The zero-order valence-electron chi connectivity index (χ0n) is 6.34. The van der Waals surface area contributed by atoms with E-state index in [-0.39, 0.29) is 16.6 Å². The molecule has 0 unspecified atom stereocenters. The van der Waals surface area contributed by atoms with Crippen LogP contribution in [0.4, 0.5) is 8.78 Å². The van der Waals surface area contributed by atoms with Crippen molar-refractivity contribution in [2.75, 3.05) is 0 Å². The molecule has 2 heterocycles. The molecule has 68 valence electrons. The Balaban J connectivity index is 2.85. The fraction of sp³-hybridized carbons (Fsp3) is 0.143. The van der Waals surface area contributed by atoms with E-state index in [1.54, 1.807) is 0 Å². The highest BCUT2D eigenvalue weighted by molar-refractivity contribution is 5.77. The Bertz CT molecular complexity index is 488. The number of fused-ring (bicyclic) bond motifs is 1. The molecule has 2 N–H and O–H groups in total. The number of rotatable bonds is 1. The number of aromatic nitrogens is 3. The van der Waals surface area contributed by atoms with Crippen molar-refractivity contribution in [3.63, 3.8) is 0 Å². The van der Waals surface area contributed by atoms with Gasteiger partial charge >= 0.3 is 0 Å². The number of H-pyrrole nitrogens is 2. The van der Waals surface area contributed by atoms with Crippen molar-refractivity contribution in [1.29, 1.82) is 0 Å². The summed E-state index contributed by atoms with van der Waals surface area (Å²) in [6, 6.07) is 0.877. The van der Waals surface area contributed by atoms with Gasteiger partial charge in [0.05, 0.1) is 6.20 Å². The number of hydrogen-bond acceptors (Lipinski definition) is 2. The summed E-state index contributed by atoms with van der Waals surface area (Å²) in [5, 5.41) is 6.22. The van der Waals surface area contributed by atoms with Crippen molar-refractivity contribution < 1.29 is 8.78 Å². The van der Waals surface area contributed by atoms with E-state index in [0.717, 1.165) is 6.07 Å². The van der Waals surface area contributed by atoms with E-state index in [9.17, 15) is 13.6 Å². The maximum absolute atomic E-state index is 12.4. The quantitative estimate of drug-likeness (QED) is 0.700. The molecule has 0 aliphatic rings. The van der Waals surface area contributed by atoms with Crippen LogP contribution >= 0.6 is 0 Å². The van der Waals surface area contributed by atoms with Crippen LogP contribution in [0.1, 0.15) is 12.0 Å². The molecular formula is C7H5F2N3O. The van der Waals surface area contributed by atoms with Crippen molar-refractivity contribution in [1.82, 2.24) is 15.2 Å². The minimum Gasteiger partial charge on any atom is -0.307 e. The molecule has 0 saturated carbocycles.